The Morgan fingerprint density at radius 1 is 1.06 bits per heavy atom. The molecule has 2 aromatic rings. The summed E-state index contributed by atoms with van der Waals surface area (Å²) in [5.41, 5.74) is 4.24. The highest BCUT2D eigenvalue weighted by Gasteiger charge is 2.34. The summed E-state index contributed by atoms with van der Waals surface area (Å²) in [5.74, 6) is 0.359. The van der Waals surface area contributed by atoms with Crippen molar-refractivity contribution in [1.29, 1.82) is 0 Å². The van der Waals surface area contributed by atoms with Gasteiger partial charge < -0.3 is 19.3 Å². The van der Waals surface area contributed by atoms with Gasteiger partial charge in [-0.05, 0) is 42.2 Å². The van der Waals surface area contributed by atoms with Crippen LogP contribution in [0.25, 0.3) is 11.1 Å². The second-order valence-electron chi connectivity index (χ2n) is 8.22. The van der Waals surface area contributed by atoms with Gasteiger partial charge in [0.25, 0.3) is 0 Å². The number of fused-ring (bicyclic) bond motifs is 1. The van der Waals surface area contributed by atoms with Crippen LogP contribution in [0.4, 0.5) is 0 Å². The van der Waals surface area contributed by atoms with Gasteiger partial charge in [0, 0.05) is 30.8 Å². The molecule has 0 radical (unpaired) electrons. The van der Waals surface area contributed by atoms with Gasteiger partial charge in [0.2, 0.25) is 0 Å². The normalized spacial score (nSPS) is 17.6. The van der Waals surface area contributed by atoms with Crippen molar-refractivity contribution in [2.24, 2.45) is 0 Å². The summed E-state index contributed by atoms with van der Waals surface area (Å²) in [6.07, 6.45) is 0.727. The summed E-state index contributed by atoms with van der Waals surface area (Å²) in [6, 6.07) is 15.5. The van der Waals surface area contributed by atoms with E-state index in [4.69, 9.17) is 14.2 Å². The van der Waals surface area contributed by atoms with Crippen molar-refractivity contribution in [3.8, 4) is 5.75 Å². The molecule has 0 amide bonds. The van der Waals surface area contributed by atoms with E-state index in [0.29, 0.717) is 30.1 Å². The highest BCUT2D eigenvalue weighted by molar-refractivity contribution is 6.21. The lowest BCUT2D eigenvalue weighted by Crippen LogP contribution is -2.38. The quantitative estimate of drug-likeness (QED) is 0.474. The van der Waals surface area contributed by atoms with E-state index in [1.807, 2.05) is 55.5 Å². The number of ether oxygens (including phenoxy) is 3. The molecular weight excluding hydrogens is 418 g/mol. The Bertz CT molecular complexity index is 1050. The van der Waals surface area contributed by atoms with E-state index in [1.165, 1.54) is 0 Å². The minimum absolute atomic E-state index is 0.0797. The molecule has 1 heterocycles. The molecule has 33 heavy (non-hydrogen) atoms. The number of hydrogen-bond acceptors (Lipinski definition) is 6. The van der Waals surface area contributed by atoms with E-state index in [-0.39, 0.29) is 5.76 Å². The highest BCUT2D eigenvalue weighted by atomic mass is 16.5. The molecule has 0 aromatic heterocycles. The number of rotatable bonds is 8. The summed E-state index contributed by atoms with van der Waals surface area (Å²) in [6.45, 7) is 8.61. The summed E-state index contributed by atoms with van der Waals surface area (Å²) in [7, 11) is 0. The summed E-state index contributed by atoms with van der Waals surface area (Å²) in [5, 5.41) is 10.6. The first-order valence-corrected chi connectivity index (χ1v) is 11.5. The first-order valence-electron chi connectivity index (χ1n) is 11.5. The number of nitrogens with zero attached hydrogens (tertiary/aromatic N) is 1. The summed E-state index contributed by atoms with van der Waals surface area (Å²) in [4.78, 5) is 15.4. The molecule has 1 fully saturated rings. The predicted molar refractivity (Wildman–Crippen MR) is 128 cm³/mol. The fourth-order valence-electron chi connectivity index (χ4n) is 4.30. The number of benzene rings is 2. The molecule has 1 aliphatic heterocycles. The van der Waals surface area contributed by atoms with Gasteiger partial charge >= 0.3 is 5.97 Å². The van der Waals surface area contributed by atoms with Crippen molar-refractivity contribution < 1.29 is 24.1 Å². The molecule has 0 bridgehead atoms. The van der Waals surface area contributed by atoms with Crippen molar-refractivity contribution in [3.63, 3.8) is 0 Å². The minimum Gasteiger partial charge on any atom is -0.512 e. The fourth-order valence-corrected chi connectivity index (χ4v) is 4.30. The Labute approximate surface area is 195 Å². The van der Waals surface area contributed by atoms with E-state index in [9.17, 15) is 9.90 Å². The first kappa shape index (κ1) is 23.1. The maximum Gasteiger partial charge on any atom is 0.339 e. The Morgan fingerprint density at radius 3 is 2.52 bits per heavy atom. The van der Waals surface area contributed by atoms with Gasteiger partial charge in [-0.15, -0.1) is 0 Å². The van der Waals surface area contributed by atoms with E-state index in [0.717, 1.165) is 61.5 Å². The third-order valence-electron chi connectivity index (χ3n) is 5.88. The lowest BCUT2D eigenvalue weighted by molar-refractivity contribution is -0.138. The van der Waals surface area contributed by atoms with Gasteiger partial charge in [-0.3, -0.25) is 4.90 Å². The maximum atomic E-state index is 13.1. The van der Waals surface area contributed by atoms with Gasteiger partial charge in [-0.1, -0.05) is 43.3 Å². The standard InChI is InChI=1S/C27H31NO5/c1-3-14-33-27(30)26-24(19(2)29)23-18-21(32-17-13-28-11-15-31-16-12-28)9-10-22(23)25(26)20-7-5-4-6-8-20/h4-10,18,29H,3,11-17H2,1-2H3/b24-19+. The maximum absolute atomic E-state index is 13.1. The second-order valence-corrected chi connectivity index (χ2v) is 8.22. The highest BCUT2D eigenvalue weighted by Crippen LogP contribution is 2.47. The third-order valence-corrected chi connectivity index (χ3v) is 5.88. The van der Waals surface area contributed by atoms with Crippen LogP contribution in [0.1, 0.15) is 37.0 Å². The minimum atomic E-state index is -0.426. The Kier molecular flexibility index (Phi) is 7.47. The van der Waals surface area contributed by atoms with Crippen molar-refractivity contribution in [3.05, 3.63) is 76.6 Å². The van der Waals surface area contributed by atoms with Crippen molar-refractivity contribution >= 4 is 17.1 Å². The van der Waals surface area contributed by atoms with Crippen LogP contribution in [-0.2, 0) is 14.3 Å². The molecule has 1 saturated heterocycles. The zero-order valence-corrected chi connectivity index (χ0v) is 19.3. The van der Waals surface area contributed by atoms with Crippen LogP contribution in [-0.4, -0.2) is 62.0 Å². The molecule has 6 nitrogen and oxygen atoms in total. The Morgan fingerprint density at radius 2 is 1.82 bits per heavy atom. The van der Waals surface area contributed by atoms with Crippen molar-refractivity contribution in [1.82, 2.24) is 4.90 Å². The molecule has 0 unspecified atom stereocenters. The number of morpholine rings is 1. The molecule has 0 saturated carbocycles. The average molecular weight is 450 g/mol. The monoisotopic (exact) mass is 449 g/mol. The van der Waals surface area contributed by atoms with Crippen LogP contribution in [0.5, 0.6) is 5.75 Å². The number of aliphatic hydroxyl groups is 1. The van der Waals surface area contributed by atoms with Crippen LogP contribution in [0.3, 0.4) is 0 Å². The van der Waals surface area contributed by atoms with E-state index >= 15 is 0 Å². The van der Waals surface area contributed by atoms with Crippen molar-refractivity contribution in [2.75, 3.05) is 46.1 Å². The lowest BCUT2D eigenvalue weighted by Gasteiger charge is -2.26. The number of esters is 1. The lowest BCUT2D eigenvalue weighted by atomic mass is 9.97. The number of carbonyl (C=O) groups excluding carboxylic acids is 1. The SMILES string of the molecule is CCCOC(=O)C1=C(c2ccccc2)c2ccc(OCCN3CCOCC3)cc2/C1=C(/C)O. The topological polar surface area (TPSA) is 68.2 Å². The average Bonchev–Trinajstić information content (AvgIpc) is 3.18. The van der Waals surface area contributed by atoms with Crippen molar-refractivity contribution in [2.45, 2.75) is 20.3 Å². The molecule has 4 rings (SSSR count). The Hall–Kier alpha value is -3.09. The summed E-state index contributed by atoms with van der Waals surface area (Å²) < 4.78 is 16.9. The molecule has 174 valence electrons. The molecule has 1 N–H and O–H groups in total. The van der Waals surface area contributed by atoms with Crippen LogP contribution < -0.4 is 4.74 Å². The van der Waals surface area contributed by atoms with Crippen LogP contribution in [0.15, 0.2) is 59.9 Å². The van der Waals surface area contributed by atoms with E-state index < -0.39 is 5.97 Å². The number of carbonyl (C=O) groups is 1. The second kappa shape index (κ2) is 10.7. The predicted octanol–water partition coefficient (Wildman–Crippen LogP) is 4.46. The van der Waals surface area contributed by atoms with Gasteiger partial charge in [0.05, 0.1) is 31.2 Å². The molecular formula is C27H31NO5. The molecule has 6 heteroatoms. The zero-order chi connectivity index (χ0) is 23.2. The summed E-state index contributed by atoms with van der Waals surface area (Å²) >= 11 is 0. The van der Waals surface area contributed by atoms with E-state index in [1.54, 1.807) is 6.92 Å². The largest absolute Gasteiger partial charge is 0.512 e. The van der Waals surface area contributed by atoms with Gasteiger partial charge in [-0.2, -0.15) is 0 Å². The first-order chi connectivity index (χ1) is 16.1. The number of hydrogen-bond donors (Lipinski definition) is 1. The van der Waals surface area contributed by atoms with Crippen LogP contribution in [0, 0.1) is 0 Å². The van der Waals surface area contributed by atoms with Crippen LogP contribution >= 0.6 is 0 Å². The molecule has 0 atom stereocenters. The smallest absolute Gasteiger partial charge is 0.339 e. The molecule has 1 aliphatic carbocycles. The number of allylic oxidation sites excluding steroid dienone is 1. The zero-order valence-electron chi connectivity index (χ0n) is 19.3. The number of aliphatic hydroxyl groups excluding tert-OH is 1. The molecule has 2 aromatic carbocycles. The molecule has 2 aliphatic rings. The Balaban J connectivity index is 1.66. The third kappa shape index (κ3) is 5.13. The van der Waals surface area contributed by atoms with Gasteiger partial charge in [-0.25, -0.2) is 4.79 Å². The van der Waals surface area contributed by atoms with Gasteiger partial charge in [0.15, 0.2) is 0 Å². The molecule has 0 spiro atoms. The van der Waals surface area contributed by atoms with E-state index in [2.05, 4.69) is 4.90 Å². The fraction of sp³-hybridized carbons (Fsp3) is 0.370. The van der Waals surface area contributed by atoms with Crippen LogP contribution in [0.2, 0.25) is 0 Å². The van der Waals surface area contributed by atoms with Gasteiger partial charge in [0.1, 0.15) is 12.4 Å².